The van der Waals surface area contributed by atoms with Crippen molar-refractivity contribution < 1.29 is 33.5 Å². The van der Waals surface area contributed by atoms with Gasteiger partial charge in [0, 0.05) is 11.6 Å². The van der Waals surface area contributed by atoms with E-state index in [0.29, 0.717) is 0 Å². The summed E-state index contributed by atoms with van der Waals surface area (Å²) in [6, 6.07) is 3.69. The molecule has 1 aromatic heterocycles. The van der Waals surface area contributed by atoms with Crippen molar-refractivity contribution in [1.82, 2.24) is 0 Å². The fourth-order valence-corrected chi connectivity index (χ4v) is 3.58. The molecule has 28 heavy (non-hydrogen) atoms. The number of nitrogen functional groups attached to an aromatic ring is 1. The number of hydrogen-bond acceptors (Lipinski definition) is 10. The number of anilines is 1. The summed E-state index contributed by atoms with van der Waals surface area (Å²) in [4.78, 5) is 46.5. The Hall–Kier alpha value is -2.99. The maximum atomic E-state index is 12.3. The van der Waals surface area contributed by atoms with Crippen LogP contribution in [0, 0.1) is 10.1 Å². The quantitative estimate of drug-likeness (QED) is 0.289. The molecule has 0 aliphatic carbocycles. The molecule has 1 aromatic carbocycles. The maximum Gasteiger partial charge on any atom is 0.348 e. The average Bonchev–Trinajstić information content (AvgIpc) is 3.01. The van der Waals surface area contributed by atoms with Crippen molar-refractivity contribution in [1.29, 1.82) is 0 Å². The van der Waals surface area contributed by atoms with Crippen LogP contribution < -0.4 is 5.73 Å². The van der Waals surface area contributed by atoms with Gasteiger partial charge in [-0.3, -0.25) is 10.1 Å². The van der Waals surface area contributed by atoms with Gasteiger partial charge in [-0.1, -0.05) is 0 Å². The molecule has 0 aliphatic rings. The molecule has 12 heteroatoms. The van der Waals surface area contributed by atoms with Crippen molar-refractivity contribution in [3.05, 3.63) is 54.4 Å². The highest BCUT2D eigenvalue weighted by Crippen LogP contribution is 2.33. The third-order valence-electron chi connectivity index (χ3n) is 3.52. The summed E-state index contributed by atoms with van der Waals surface area (Å²) in [5, 5.41) is 11.0. The summed E-state index contributed by atoms with van der Waals surface area (Å²) in [6.07, 6.45) is 0. The highest BCUT2D eigenvalue weighted by atomic mass is 79.9. The SMILES string of the molecule is COC(=O)c1sc(N)c(C(=O)OC)c1COC(=O)c1ccc(Br)c([N+](=O)[O-])c1. The van der Waals surface area contributed by atoms with Crippen molar-refractivity contribution in [2.24, 2.45) is 0 Å². The number of nitrogens with zero attached hydrogens (tertiary/aromatic N) is 1. The van der Waals surface area contributed by atoms with Gasteiger partial charge in [0.25, 0.3) is 5.69 Å². The van der Waals surface area contributed by atoms with E-state index in [1.165, 1.54) is 12.1 Å². The number of ether oxygens (including phenoxy) is 3. The zero-order chi connectivity index (χ0) is 21.0. The average molecular weight is 473 g/mol. The van der Waals surface area contributed by atoms with Gasteiger partial charge in [-0.15, -0.1) is 11.3 Å². The topological polar surface area (TPSA) is 148 Å². The molecule has 0 atom stereocenters. The van der Waals surface area contributed by atoms with Crippen LogP contribution in [0.15, 0.2) is 22.7 Å². The molecule has 2 rings (SSSR count). The van der Waals surface area contributed by atoms with Gasteiger partial charge >= 0.3 is 17.9 Å². The Morgan fingerprint density at radius 3 is 2.39 bits per heavy atom. The van der Waals surface area contributed by atoms with Crippen molar-refractivity contribution in [2.45, 2.75) is 6.61 Å². The number of esters is 3. The van der Waals surface area contributed by atoms with Crippen LogP contribution in [0.4, 0.5) is 10.7 Å². The standard InChI is InChI=1S/C16H13BrN2O8S/c1-25-15(21)11-8(12(16(22)26-2)28-13(11)18)6-27-14(20)7-3-4-9(17)10(5-7)19(23)24/h3-5H,6,18H2,1-2H3. The molecule has 0 spiro atoms. The highest BCUT2D eigenvalue weighted by molar-refractivity contribution is 9.10. The number of hydrogen-bond donors (Lipinski definition) is 1. The number of rotatable bonds is 6. The summed E-state index contributed by atoms with van der Waals surface area (Å²) >= 11 is 3.81. The van der Waals surface area contributed by atoms with Crippen molar-refractivity contribution in [3.8, 4) is 0 Å². The number of halogens is 1. The van der Waals surface area contributed by atoms with Crippen LogP contribution in [-0.4, -0.2) is 37.1 Å². The van der Waals surface area contributed by atoms with E-state index in [0.717, 1.165) is 31.6 Å². The van der Waals surface area contributed by atoms with Gasteiger partial charge in [0.15, 0.2) is 0 Å². The fourth-order valence-electron chi connectivity index (χ4n) is 2.21. The zero-order valence-corrected chi connectivity index (χ0v) is 16.9. The normalized spacial score (nSPS) is 10.2. The van der Waals surface area contributed by atoms with Gasteiger partial charge in [0.1, 0.15) is 22.0 Å². The Morgan fingerprint density at radius 2 is 1.82 bits per heavy atom. The van der Waals surface area contributed by atoms with E-state index in [1.807, 2.05) is 0 Å². The predicted octanol–water partition coefficient (Wildman–Crippen LogP) is 2.93. The lowest BCUT2D eigenvalue weighted by Gasteiger charge is -2.08. The van der Waals surface area contributed by atoms with E-state index < -0.39 is 29.4 Å². The Morgan fingerprint density at radius 1 is 1.18 bits per heavy atom. The Balaban J connectivity index is 2.34. The molecule has 0 bridgehead atoms. The first kappa shape index (κ1) is 21.3. The third kappa shape index (κ3) is 4.28. The molecule has 0 radical (unpaired) electrons. The van der Waals surface area contributed by atoms with Crippen molar-refractivity contribution in [2.75, 3.05) is 20.0 Å². The smallest absolute Gasteiger partial charge is 0.348 e. The van der Waals surface area contributed by atoms with Gasteiger partial charge in [-0.05, 0) is 28.1 Å². The second-order valence-corrected chi connectivity index (χ2v) is 7.04. The first-order valence-corrected chi connectivity index (χ1v) is 9.01. The van der Waals surface area contributed by atoms with Gasteiger partial charge < -0.3 is 19.9 Å². The van der Waals surface area contributed by atoms with Gasteiger partial charge in [-0.25, -0.2) is 14.4 Å². The lowest BCUT2D eigenvalue weighted by Crippen LogP contribution is -2.13. The van der Waals surface area contributed by atoms with E-state index >= 15 is 0 Å². The fraction of sp³-hybridized carbons (Fsp3) is 0.188. The molecule has 0 saturated heterocycles. The molecule has 0 amide bonds. The van der Waals surface area contributed by atoms with Crippen LogP contribution in [-0.2, 0) is 20.8 Å². The number of carbonyl (C=O) groups excluding carboxylic acids is 3. The molecular formula is C16H13BrN2O8S. The molecule has 2 aromatic rings. The number of benzene rings is 1. The number of nitro benzene ring substituents is 1. The Kier molecular flexibility index (Phi) is 6.70. The number of nitrogens with two attached hydrogens (primary N) is 1. The minimum Gasteiger partial charge on any atom is -0.465 e. The number of thiophene rings is 1. The summed E-state index contributed by atoms with van der Waals surface area (Å²) in [6.45, 7) is -0.495. The lowest BCUT2D eigenvalue weighted by atomic mass is 10.1. The van der Waals surface area contributed by atoms with Gasteiger partial charge in [0.2, 0.25) is 0 Å². The molecule has 2 N–H and O–H groups in total. The molecule has 0 aliphatic heterocycles. The largest absolute Gasteiger partial charge is 0.465 e. The second-order valence-electron chi connectivity index (χ2n) is 5.13. The zero-order valence-electron chi connectivity index (χ0n) is 14.5. The van der Waals surface area contributed by atoms with E-state index in [2.05, 4.69) is 25.4 Å². The summed E-state index contributed by atoms with van der Waals surface area (Å²) in [5.74, 6) is -2.47. The molecule has 0 fully saturated rings. The van der Waals surface area contributed by atoms with Crippen LogP contribution >= 0.6 is 27.3 Å². The summed E-state index contributed by atoms with van der Waals surface area (Å²) in [5.41, 5.74) is 5.30. The molecular weight excluding hydrogens is 460 g/mol. The lowest BCUT2D eigenvalue weighted by molar-refractivity contribution is -0.385. The second kappa shape index (κ2) is 8.80. The molecule has 0 saturated carbocycles. The third-order valence-corrected chi connectivity index (χ3v) is 5.23. The first-order valence-electron chi connectivity index (χ1n) is 7.40. The number of methoxy groups -OCH3 is 2. The summed E-state index contributed by atoms with van der Waals surface area (Å²) in [7, 11) is 2.28. The molecule has 1 heterocycles. The van der Waals surface area contributed by atoms with Crippen molar-refractivity contribution >= 4 is 55.9 Å². The first-order chi connectivity index (χ1) is 13.2. The Labute approximate surface area is 170 Å². The van der Waals surface area contributed by atoms with Crippen LogP contribution in [0.3, 0.4) is 0 Å². The van der Waals surface area contributed by atoms with Crippen LogP contribution in [0.2, 0.25) is 0 Å². The summed E-state index contributed by atoms with van der Waals surface area (Å²) < 4.78 is 14.6. The minimum atomic E-state index is -0.896. The van der Waals surface area contributed by atoms with Crippen LogP contribution in [0.1, 0.15) is 36.0 Å². The van der Waals surface area contributed by atoms with E-state index in [-0.39, 0.29) is 36.7 Å². The highest BCUT2D eigenvalue weighted by Gasteiger charge is 2.28. The molecule has 0 unspecified atom stereocenters. The van der Waals surface area contributed by atoms with Crippen LogP contribution in [0.5, 0.6) is 0 Å². The van der Waals surface area contributed by atoms with Crippen molar-refractivity contribution in [3.63, 3.8) is 0 Å². The predicted molar refractivity (Wildman–Crippen MR) is 101 cm³/mol. The van der Waals surface area contributed by atoms with Crippen LogP contribution in [0.25, 0.3) is 0 Å². The van der Waals surface area contributed by atoms with E-state index in [4.69, 9.17) is 10.5 Å². The Bertz CT molecular complexity index is 972. The molecule has 148 valence electrons. The number of carbonyl (C=O) groups is 3. The van der Waals surface area contributed by atoms with E-state index in [1.54, 1.807) is 0 Å². The monoisotopic (exact) mass is 472 g/mol. The number of nitro groups is 1. The van der Waals surface area contributed by atoms with Gasteiger partial charge in [-0.2, -0.15) is 0 Å². The van der Waals surface area contributed by atoms with Gasteiger partial charge in [0.05, 0.1) is 29.2 Å². The van der Waals surface area contributed by atoms with E-state index in [9.17, 15) is 24.5 Å². The minimum absolute atomic E-state index is 0.00224. The molecule has 10 nitrogen and oxygen atoms in total. The maximum absolute atomic E-state index is 12.3.